The molecule has 0 saturated carbocycles. The van der Waals surface area contributed by atoms with Crippen molar-refractivity contribution in [3.63, 3.8) is 0 Å². The van der Waals surface area contributed by atoms with Crippen molar-refractivity contribution < 1.29 is 9.47 Å². The van der Waals surface area contributed by atoms with Crippen molar-refractivity contribution in [1.82, 2.24) is 14.5 Å². The number of fused-ring (bicyclic) bond motifs is 2. The van der Waals surface area contributed by atoms with Gasteiger partial charge in [-0.05, 0) is 30.2 Å². The van der Waals surface area contributed by atoms with Gasteiger partial charge in [0.25, 0.3) is 0 Å². The molecule has 0 amide bonds. The van der Waals surface area contributed by atoms with Crippen molar-refractivity contribution in [2.24, 2.45) is 0 Å². The van der Waals surface area contributed by atoms with Gasteiger partial charge in [0.15, 0.2) is 0 Å². The third-order valence-electron chi connectivity index (χ3n) is 6.07. The molecule has 2 aliphatic heterocycles. The lowest BCUT2D eigenvalue weighted by atomic mass is 10.1. The molecule has 0 radical (unpaired) electrons. The molecule has 0 saturated heterocycles. The molecular formula is C24H27N3O2. The van der Waals surface area contributed by atoms with Crippen molar-refractivity contribution in [3.05, 3.63) is 76.4 Å². The quantitative estimate of drug-likeness (QED) is 0.666. The summed E-state index contributed by atoms with van der Waals surface area (Å²) < 4.78 is 13.6. The molecule has 0 fully saturated rings. The molecule has 5 rings (SSSR count). The molecule has 3 heterocycles. The number of nitrogens with zero attached hydrogens (tertiary/aromatic N) is 3. The fourth-order valence-corrected chi connectivity index (χ4v) is 4.55. The van der Waals surface area contributed by atoms with E-state index in [9.17, 15) is 0 Å². The Labute approximate surface area is 171 Å². The van der Waals surface area contributed by atoms with Crippen LogP contribution in [-0.4, -0.2) is 34.7 Å². The van der Waals surface area contributed by atoms with Gasteiger partial charge in [0.05, 0.1) is 25.1 Å². The van der Waals surface area contributed by atoms with Crippen LogP contribution < -0.4 is 9.47 Å². The van der Waals surface area contributed by atoms with Crippen LogP contribution in [0.4, 0.5) is 0 Å². The van der Waals surface area contributed by atoms with Crippen LogP contribution in [0.1, 0.15) is 33.9 Å². The van der Waals surface area contributed by atoms with Crippen LogP contribution in [0.2, 0.25) is 0 Å². The predicted octanol–water partition coefficient (Wildman–Crippen LogP) is 3.74. The third-order valence-corrected chi connectivity index (χ3v) is 6.07. The molecule has 0 atom stereocenters. The Balaban J connectivity index is 1.33. The average molecular weight is 389 g/mol. The predicted molar refractivity (Wildman–Crippen MR) is 113 cm³/mol. The number of para-hydroxylation sites is 1. The number of methoxy groups -OCH3 is 1. The minimum Gasteiger partial charge on any atom is -0.496 e. The molecular weight excluding hydrogens is 362 g/mol. The zero-order chi connectivity index (χ0) is 19.8. The Morgan fingerprint density at radius 3 is 2.93 bits per heavy atom. The number of benzene rings is 2. The highest BCUT2D eigenvalue weighted by molar-refractivity contribution is 5.40. The summed E-state index contributed by atoms with van der Waals surface area (Å²) in [5, 5.41) is 0. The van der Waals surface area contributed by atoms with Crippen molar-refractivity contribution in [2.45, 2.75) is 39.4 Å². The number of aromatic nitrogens is 2. The second-order valence-electron chi connectivity index (χ2n) is 7.95. The van der Waals surface area contributed by atoms with E-state index in [1.165, 1.54) is 22.4 Å². The van der Waals surface area contributed by atoms with Crippen LogP contribution in [0.25, 0.3) is 0 Å². The summed E-state index contributed by atoms with van der Waals surface area (Å²) in [7, 11) is 1.73. The van der Waals surface area contributed by atoms with E-state index in [0.29, 0.717) is 0 Å². The van der Waals surface area contributed by atoms with Crippen molar-refractivity contribution in [2.75, 3.05) is 20.3 Å². The standard InChI is InChI=1S/C24H27N3O2/c1-17-21-16-26(15-18-7-8-23-20(13-18)9-12-29-23)10-11-27(21)24(25-17)14-19-5-3-4-6-22(19)28-2/h3-8,13H,9-12,14-16H2,1-2H3. The third kappa shape index (κ3) is 3.51. The van der Waals surface area contributed by atoms with E-state index in [0.717, 1.165) is 68.6 Å². The fourth-order valence-electron chi connectivity index (χ4n) is 4.55. The SMILES string of the molecule is COc1ccccc1Cc1nc(C)c2n1CCN(Cc1ccc3c(c1)CCO3)C2. The van der Waals surface area contributed by atoms with Crippen molar-refractivity contribution in [3.8, 4) is 11.5 Å². The highest BCUT2D eigenvalue weighted by Crippen LogP contribution is 2.28. The first kappa shape index (κ1) is 18.3. The zero-order valence-corrected chi connectivity index (χ0v) is 17.1. The summed E-state index contributed by atoms with van der Waals surface area (Å²) in [6.45, 7) is 6.88. The summed E-state index contributed by atoms with van der Waals surface area (Å²) >= 11 is 0. The molecule has 3 aromatic rings. The molecule has 1 aromatic heterocycles. The molecule has 5 nitrogen and oxygen atoms in total. The molecule has 29 heavy (non-hydrogen) atoms. The lowest BCUT2D eigenvalue weighted by Gasteiger charge is -2.29. The van der Waals surface area contributed by atoms with Gasteiger partial charge in [-0.2, -0.15) is 0 Å². The number of ether oxygens (including phenoxy) is 2. The molecule has 0 bridgehead atoms. The Bertz CT molecular complexity index is 1040. The van der Waals surface area contributed by atoms with E-state index >= 15 is 0 Å². The van der Waals surface area contributed by atoms with E-state index in [1.807, 2.05) is 12.1 Å². The van der Waals surface area contributed by atoms with Crippen LogP contribution in [0.3, 0.4) is 0 Å². The molecule has 0 spiro atoms. The minimum atomic E-state index is 0.801. The molecule has 5 heteroatoms. The van der Waals surface area contributed by atoms with Crippen molar-refractivity contribution >= 4 is 0 Å². The van der Waals surface area contributed by atoms with E-state index in [2.05, 4.69) is 46.7 Å². The Hall–Kier alpha value is -2.79. The van der Waals surface area contributed by atoms with Crippen molar-refractivity contribution in [1.29, 1.82) is 0 Å². The van der Waals surface area contributed by atoms with Gasteiger partial charge in [-0.3, -0.25) is 4.90 Å². The number of rotatable bonds is 5. The molecule has 150 valence electrons. The number of hydrogen-bond acceptors (Lipinski definition) is 4. The maximum absolute atomic E-state index is 5.64. The molecule has 2 aromatic carbocycles. The molecule has 0 N–H and O–H groups in total. The largest absolute Gasteiger partial charge is 0.496 e. The summed E-state index contributed by atoms with van der Waals surface area (Å²) in [6.07, 6.45) is 1.83. The van der Waals surface area contributed by atoms with Gasteiger partial charge in [0.2, 0.25) is 0 Å². The lowest BCUT2D eigenvalue weighted by molar-refractivity contribution is 0.210. The Morgan fingerprint density at radius 2 is 2.03 bits per heavy atom. The summed E-state index contributed by atoms with van der Waals surface area (Å²) in [4.78, 5) is 7.44. The maximum Gasteiger partial charge on any atom is 0.122 e. The van der Waals surface area contributed by atoms with E-state index in [-0.39, 0.29) is 0 Å². The van der Waals surface area contributed by atoms with Gasteiger partial charge in [-0.15, -0.1) is 0 Å². The van der Waals surface area contributed by atoms with E-state index in [1.54, 1.807) is 7.11 Å². The molecule has 0 unspecified atom stereocenters. The smallest absolute Gasteiger partial charge is 0.122 e. The second kappa shape index (κ2) is 7.56. The van der Waals surface area contributed by atoms with Gasteiger partial charge < -0.3 is 14.0 Å². The summed E-state index contributed by atoms with van der Waals surface area (Å²) in [6, 6.07) is 14.9. The van der Waals surface area contributed by atoms with Gasteiger partial charge in [0.1, 0.15) is 17.3 Å². The van der Waals surface area contributed by atoms with Crippen LogP contribution in [0, 0.1) is 6.92 Å². The Morgan fingerprint density at radius 1 is 1.14 bits per heavy atom. The van der Waals surface area contributed by atoms with Crippen LogP contribution in [-0.2, 0) is 32.5 Å². The van der Waals surface area contributed by atoms with Crippen LogP contribution >= 0.6 is 0 Å². The van der Waals surface area contributed by atoms with Crippen LogP contribution in [0.5, 0.6) is 11.5 Å². The normalized spacial score (nSPS) is 15.7. The van der Waals surface area contributed by atoms with E-state index < -0.39 is 0 Å². The number of imidazole rings is 1. The highest BCUT2D eigenvalue weighted by Gasteiger charge is 2.23. The lowest BCUT2D eigenvalue weighted by Crippen LogP contribution is -2.34. The van der Waals surface area contributed by atoms with Gasteiger partial charge in [-0.25, -0.2) is 4.98 Å². The first-order valence-corrected chi connectivity index (χ1v) is 10.3. The van der Waals surface area contributed by atoms with Gasteiger partial charge in [0, 0.05) is 44.6 Å². The first-order valence-electron chi connectivity index (χ1n) is 10.3. The Kier molecular flexibility index (Phi) is 4.76. The summed E-state index contributed by atoms with van der Waals surface area (Å²) in [5.41, 5.74) is 6.38. The topological polar surface area (TPSA) is 39.5 Å². The summed E-state index contributed by atoms with van der Waals surface area (Å²) in [5.74, 6) is 3.12. The second-order valence-corrected chi connectivity index (χ2v) is 7.95. The number of hydrogen-bond donors (Lipinski definition) is 0. The minimum absolute atomic E-state index is 0.801. The monoisotopic (exact) mass is 389 g/mol. The number of aryl methyl sites for hydroxylation is 1. The molecule has 2 aliphatic rings. The highest BCUT2D eigenvalue weighted by atomic mass is 16.5. The maximum atomic E-state index is 5.64. The first-order chi connectivity index (χ1) is 14.2. The van der Waals surface area contributed by atoms with E-state index in [4.69, 9.17) is 14.5 Å². The van der Waals surface area contributed by atoms with Gasteiger partial charge in [-0.1, -0.05) is 30.3 Å². The van der Waals surface area contributed by atoms with Gasteiger partial charge >= 0.3 is 0 Å². The fraction of sp³-hybridized carbons (Fsp3) is 0.375. The molecule has 0 aliphatic carbocycles. The average Bonchev–Trinajstić information content (AvgIpc) is 3.33. The zero-order valence-electron chi connectivity index (χ0n) is 17.1. The van der Waals surface area contributed by atoms with Crippen LogP contribution in [0.15, 0.2) is 42.5 Å².